The highest BCUT2D eigenvalue weighted by Crippen LogP contribution is 2.22. The Morgan fingerprint density at radius 3 is 1.25 bits per heavy atom. The zero-order chi connectivity index (χ0) is 73.4. The molecule has 2 aromatic rings. The summed E-state index contributed by atoms with van der Waals surface area (Å²) in [6, 6.07) is 3.43. The van der Waals surface area contributed by atoms with Crippen molar-refractivity contribution in [3.63, 3.8) is 0 Å². The van der Waals surface area contributed by atoms with Gasteiger partial charge in [-0.25, -0.2) is 19.2 Å². The fraction of sp³-hybridized carbons (Fsp3) is 0.594. The fourth-order valence-corrected chi connectivity index (χ4v) is 11.3. The molecule has 0 aromatic heterocycles. The zero-order valence-electron chi connectivity index (χ0n) is 55.1. The van der Waals surface area contributed by atoms with Gasteiger partial charge in [0.1, 0.15) is 42.0 Å². The average molecular weight is 1510 g/mol. The number of nitrogens with zero attached hydrogens (tertiary/aromatic N) is 4. The summed E-state index contributed by atoms with van der Waals surface area (Å²) in [5, 5.41) is 105. The van der Waals surface area contributed by atoms with Crippen LogP contribution in [-0.4, -0.2) is 270 Å². The number of carboxylic acids is 8. The SMILES string of the molecule is O=C(O)CCC[C@H](NC(=O)NC(CCCCNC(=O)CCCCCCC(=O)NCCCC[C@@H](NC(=O)[C@@H](Cc1ccccc1)NC(=O)[C@@H](Cc1ccc(O)c(I)c1)NC(=O)CCC(C(=O)O)N1CCN(CC(=O)O)CCN(CC(=O)O)CCN(CC(=O)O)CC1)C(=O)O)C(=O)O)C(=O)O. The minimum atomic E-state index is -1.44. The Labute approximate surface area is 585 Å². The van der Waals surface area contributed by atoms with Gasteiger partial charge in [-0.15, -0.1) is 0 Å². The Morgan fingerprint density at radius 2 is 0.818 bits per heavy atom. The van der Waals surface area contributed by atoms with Crippen LogP contribution in [0.3, 0.4) is 0 Å². The summed E-state index contributed by atoms with van der Waals surface area (Å²) in [7, 11) is 0. The van der Waals surface area contributed by atoms with Crippen LogP contribution in [0.4, 0.5) is 4.79 Å². The number of phenolic OH excluding ortho intramolecular Hbond substituents is 1. The first-order valence-electron chi connectivity index (χ1n) is 32.7. The van der Waals surface area contributed by atoms with Crippen LogP contribution in [0.25, 0.3) is 0 Å². The number of amides is 7. The Kier molecular flexibility index (Phi) is 39.6. The number of nitrogens with one attached hydrogen (secondary N) is 7. The largest absolute Gasteiger partial charge is 0.507 e. The van der Waals surface area contributed by atoms with Crippen LogP contribution in [0.15, 0.2) is 48.5 Å². The van der Waals surface area contributed by atoms with E-state index < -0.39 is 134 Å². The predicted octanol–water partition coefficient (Wildman–Crippen LogP) is 0.404. The summed E-state index contributed by atoms with van der Waals surface area (Å²) in [5.74, 6) is -13.2. The number of urea groups is 1. The lowest BCUT2D eigenvalue weighted by Crippen LogP contribution is -2.57. The van der Waals surface area contributed by atoms with Gasteiger partial charge in [-0.05, 0) is 116 Å². The highest BCUT2D eigenvalue weighted by Gasteiger charge is 2.33. The van der Waals surface area contributed by atoms with Crippen LogP contribution in [-0.2, 0) is 75.2 Å². The van der Waals surface area contributed by atoms with Gasteiger partial charge in [-0.1, -0.05) is 49.2 Å². The molecule has 1 aliphatic rings. The quantitative estimate of drug-likeness (QED) is 0.0315. The zero-order valence-corrected chi connectivity index (χ0v) is 57.3. The topological polar surface area (TPSA) is 518 Å². The molecule has 34 nitrogen and oxygen atoms in total. The fourth-order valence-electron chi connectivity index (χ4n) is 10.7. The first kappa shape index (κ1) is 84.4. The number of carbonyl (C=O) groups excluding carboxylic acids is 6. The van der Waals surface area contributed by atoms with Crippen molar-refractivity contribution in [3.8, 4) is 5.75 Å². The molecule has 0 aliphatic carbocycles. The molecule has 550 valence electrons. The molecule has 99 heavy (non-hydrogen) atoms. The summed E-state index contributed by atoms with van der Waals surface area (Å²) in [4.78, 5) is 181. The lowest BCUT2D eigenvalue weighted by Gasteiger charge is -2.35. The molecule has 16 N–H and O–H groups in total. The van der Waals surface area contributed by atoms with Gasteiger partial charge >= 0.3 is 53.8 Å². The number of halogens is 1. The van der Waals surface area contributed by atoms with E-state index in [4.69, 9.17) is 5.11 Å². The second-order valence-electron chi connectivity index (χ2n) is 24.0. The predicted molar refractivity (Wildman–Crippen MR) is 360 cm³/mol. The van der Waals surface area contributed by atoms with E-state index in [2.05, 4.69) is 37.2 Å². The number of carboxylic acid groups (broad SMARTS) is 8. The second-order valence-corrected chi connectivity index (χ2v) is 25.2. The second kappa shape index (κ2) is 46.5. The van der Waals surface area contributed by atoms with Crippen molar-refractivity contribution in [2.75, 3.05) is 85.1 Å². The molecule has 1 aliphatic heterocycles. The number of hydrogen-bond donors (Lipinski definition) is 16. The lowest BCUT2D eigenvalue weighted by molar-refractivity contribution is -0.145. The summed E-state index contributed by atoms with van der Waals surface area (Å²) >= 11 is 1.87. The number of benzene rings is 2. The third-order valence-electron chi connectivity index (χ3n) is 16.1. The first-order chi connectivity index (χ1) is 47.0. The van der Waals surface area contributed by atoms with E-state index >= 15 is 0 Å². The molecular weight excluding hydrogens is 1420 g/mol. The number of hydrogen-bond acceptors (Lipinski definition) is 19. The highest BCUT2D eigenvalue weighted by atomic mass is 127. The minimum Gasteiger partial charge on any atom is -0.507 e. The minimum absolute atomic E-state index is 0.00494. The third-order valence-corrected chi connectivity index (χ3v) is 16.9. The van der Waals surface area contributed by atoms with Gasteiger partial charge in [0.05, 0.1) is 23.2 Å². The lowest BCUT2D eigenvalue weighted by atomic mass is 10.0. The number of aliphatic carboxylic acids is 8. The van der Waals surface area contributed by atoms with E-state index in [1.54, 1.807) is 41.3 Å². The molecule has 0 spiro atoms. The Balaban J connectivity index is 1.57. The number of unbranched alkanes of at least 4 members (excludes halogenated alkanes) is 5. The Hall–Kier alpha value is -8.81. The van der Waals surface area contributed by atoms with Gasteiger partial charge in [0, 0.05) is 104 Å². The van der Waals surface area contributed by atoms with Crippen LogP contribution in [0.2, 0.25) is 0 Å². The summed E-state index contributed by atoms with van der Waals surface area (Å²) in [5.41, 5.74) is 1.03. The summed E-state index contributed by atoms with van der Waals surface area (Å²) in [6.07, 6.45) is 2.23. The van der Waals surface area contributed by atoms with Crippen molar-refractivity contribution in [3.05, 3.63) is 63.2 Å². The normalized spacial score (nSPS) is 15.3. The van der Waals surface area contributed by atoms with Crippen LogP contribution >= 0.6 is 22.6 Å². The molecule has 0 radical (unpaired) electrons. The van der Waals surface area contributed by atoms with Crippen LogP contribution in [0.1, 0.15) is 120 Å². The molecular formula is C64H94IN11O23. The molecule has 1 heterocycles. The third kappa shape index (κ3) is 36.6. The van der Waals surface area contributed by atoms with Gasteiger partial charge in [-0.2, -0.15) is 0 Å². The standard InChI is InChI=1S/C64H94IN11O23/c65-43-35-42(21-23-50(43)77)37-47(68-53(80)24-22-49(63(97)98)76-33-31-74(39-56(85)86)29-27-73(38-55(83)84)28-30-75(32-34-76)40-57(87)88)58(89)70-48(36-41-13-4-3-5-14-41)59(90)69-44(60(91)92)15-8-10-25-66-51(78)18-6-1-2-7-19-52(79)67-26-11-9-16-45(61(93)94)71-64(99)72-46(62(95)96)17-12-20-54(81)82/h3-5,13-14,21,23,35,44-49,77H,1-2,6-12,15-20,22,24-34,36-40H2,(H,66,78)(H,67,79)(H,68,80)(H,69,90)(H,70,89)(H,81,82)(H,83,84)(H,85,86)(H,87,88)(H,91,92)(H,93,94)(H,95,96)(H,97,98)(H2,71,72,99)/t44-,45?,46+,47-,48-,49?/m1/s1. The molecule has 2 aromatic carbocycles. The maximum Gasteiger partial charge on any atom is 0.326 e. The molecule has 35 heteroatoms. The van der Waals surface area contributed by atoms with Crippen molar-refractivity contribution in [1.29, 1.82) is 0 Å². The van der Waals surface area contributed by atoms with E-state index in [1.807, 2.05) is 22.6 Å². The van der Waals surface area contributed by atoms with E-state index in [9.17, 15) is 108 Å². The highest BCUT2D eigenvalue weighted by molar-refractivity contribution is 14.1. The maximum atomic E-state index is 14.5. The summed E-state index contributed by atoms with van der Waals surface area (Å²) in [6.45, 7) is -0.665. The van der Waals surface area contributed by atoms with Gasteiger partial charge in [-0.3, -0.25) is 67.5 Å². The molecule has 0 saturated carbocycles. The molecule has 6 atom stereocenters. The number of carbonyl (C=O) groups is 14. The maximum absolute atomic E-state index is 14.5. The number of rotatable bonds is 46. The molecule has 1 saturated heterocycles. The van der Waals surface area contributed by atoms with Crippen molar-refractivity contribution in [2.24, 2.45) is 0 Å². The van der Waals surface area contributed by atoms with Crippen LogP contribution in [0.5, 0.6) is 5.75 Å². The molecule has 7 amide bonds. The van der Waals surface area contributed by atoms with Gasteiger partial charge < -0.3 is 83.2 Å². The van der Waals surface area contributed by atoms with Crippen molar-refractivity contribution in [1.82, 2.24) is 56.8 Å². The van der Waals surface area contributed by atoms with E-state index in [1.165, 1.54) is 26.8 Å². The average Bonchev–Trinajstić information content (AvgIpc) is 0.858. The number of aromatic hydroxyl groups is 1. The van der Waals surface area contributed by atoms with Gasteiger partial charge in [0.25, 0.3) is 0 Å². The monoisotopic (exact) mass is 1510 g/mol. The molecule has 0 bridgehead atoms. The number of phenols is 1. The van der Waals surface area contributed by atoms with E-state index in [0.29, 0.717) is 59.6 Å². The van der Waals surface area contributed by atoms with Gasteiger partial charge in [0.15, 0.2) is 0 Å². The van der Waals surface area contributed by atoms with Crippen molar-refractivity contribution >= 4 is 106 Å². The summed E-state index contributed by atoms with van der Waals surface area (Å²) < 4.78 is 0.401. The van der Waals surface area contributed by atoms with Crippen molar-refractivity contribution < 1.29 is 113 Å². The van der Waals surface area contributed by atoms with Gasteiger partial charge in [0.2, 0.25) is 29.5 Å². The van der Waals surface area contributed by atoms with E-state index in [0.717, 1.165) is 0 Å². The molecule has 3 rings (SSSR count). The smallest absolute Gasteiger partial charge is 0.326 e. The van der Waals surface area contributed by atoms with Crippen LogP contribution < -0.4 is 37.2 Å². The van der Waals surface area contributed by atoms with Crippen molar-refractivity contribution in [2.45, 2.75) is 158 Å². The van der Waals surface area contributed by atoms with Crippen LogP contribution in [0, 0.1) is 3.57 Å². The molecule has 1 fully saturated rings. The molecule has 2 unspecified atom stereocenters. The van der Waals surface area contributed by atoms with E-state index in [-0.39, 0.29) is 154 Å². The Morgan fingerprint density at radius 1 is 0.394 bits per heavy atom. The first-order valence-corrected chi connectivity index (χ1v) is 33.8. The Bertz CT molecular complexity index is 2990.